The van der Waals surface area contributed by atoms with Crippen molar-refractivity contribution in [3.05, 3.63) is 28.9 Å². The molecule has 15 heavy (non-hydrogen) atoms. The summed E-state index contributed by atoms with van der Waals surface area (Å²) in [6.45, 7) is 0. The van der Waals surface area contributed by atoms with Gasteiger partial charge in [0.05, 0.1) is 10.5 Å². The molecule has 0 radical (unpaired) electrons. The lowest BCUT2D eigenvalue weighted by Gasteiger charge is -2.00. The minimum atomic E-state index is -1.01. The highest BCUT2D eigenvalue weighted by molar-refractivity contribution is 6.32. The summed E-state index contributed by atoms with van der Waals surface area (Å²) in [7, 11) is 1.62. The highest BCUT2D eigenvalue weighted by Crippen LogP contribution is 2.30. The van der Waals surface area contributed by atoms with Gasteiger partial charge in [-0.2, -0.15) is 0 Å². The molecule has 0 saturated carbocycles. The Morgan fingerprint density at radius 3 is 2.67 bits per heavy atom. The second-order valence-electron chi connectivity index (χ2n) is 3.26. The van der Waals surface area contributed by atoms with Crippen LogP contribution in [0.4, 0.5) is 0 Å². The van der Waals surface area contributed by atoms with Gasteiger partial charge in [0.15, 0.2) is 0 Å². The first-order valence-electron chi connectivity index (χ1n) is 4.22. The molecule has 0 fully saturated rings. The monoisotopic (exact) mass is 225 g/mol. The third kappa shape index (κ3) is 1.43. The Kier molecular flexibility index (Phi) is 2.08. The van der Waals surface area contributed by atoms with Gasteiger partial charge in [-0.15, -0.1) is 0 Å². The highest BCUT2D eigenvalue weighted by Gasteiger charge is 2.13. The number of benzene rings is 1. The zero-order valence-corrected chi connectivity index (χ0v) is 8.62. The first kappa shape index (κ1) is 9.86. The van der Waals surface area contributed by atoms with E-state index in [2.05, 4.69) is 0 Å². The van der Waals surface area contributed by atoms with Gasteiger partial charge >= 0.3 is 5.97 Å². The number of phenols is 1. The molecule has 1 aromatic heterocycles. The van der Waals surface area contributed by atoms with Gasteiger partial charge < -0.3 is 14.8 Å². The van der Waals surface area contributed by atoms with Gasteiger partial charge in [0.25, 0.3) is 0 Å². The molecular formula is C10H8ClNO3. The van der Waals surface area contributed by atoms with E-state index in [-0.39, 0.29) is 16.5 Å². The predicted molar refractivity (Wildman–Crippen MR) is 56.6 cm³/mol. The number of nitrogens with zero attached hydrogens (tertiary/aromatic N) is 1. The summed E-state index contributed by atoms with van der Waals surface area (Å²) in [5.41, 5.74) is 0.793. The minimum Gasteiger partial charge on any atom is -0.506 e. The first-order valence-corrected chi connectivity index (χ1v) is 4.59. The number of hydrogen-bond acceptors (Lipinski definition) is 2. The Morgan fingerprint density at radius 2 is 2.07 bits per heavy atom. The van der Waals surface area contributed by atoms with Gasteiger partial charge in [0.1, 0.15) is 11.4 Å². The summed E-state index contributed by atoms with van der Waals surface area (Å²) in [6.07, 6.45) is 0. The lowest BCUT2D eigenvalue weighted by molar-refractivity contribution is 0.0687. The molecule has 2 aromatic rings. The van der Waals surface area contributed by atoms with Crippen molar-refractivity contribution in [3.8, 4) is 5.75 Å². The maximum Gasteiger partial charge on any atom is 0.352 e. The van der Waals surface area contributed by atoms with E-state index in [9.17, 15) is 9.90 Å². The summed E-state index contributed by atoms with van der Waals surface area (Å²) >= 11 is 5.72. The number of aryl methyl sites for hydroxylation is 1. The average molecular weight is 226 g/mol. The quantitative estimate of drug-likeness (QED) is 0.782. The van der Waals surface area contributed by atoms with Crippen LogP contribution in [0.15, 0.2) is 18.2 Å². The molecule has 2 N–H and O–H groups in total. The molecule has 0 amide bonds. The Balaban J connectivity index is 2.83. The van der Waals surface area contributed by atoms with E-state index in [1.54, 1.807) is 13.1 Å². The summed E-state index contributed by atoms with van der Waals surface area (Å²) < 4.78 is 1.49. The van der Waals surface area contributed by atoms with E-state index in [1.807, 2.05) is 0 Å². The SMILES string of the molecule is Cn1c(C(=O)O)cc2cc(Cl)c(O)cc21. The largest absolute Gasteiger partial charge is 0.506 e. The molecule has 0 spiro atoms. The van der Waals surface area contributed by atoms with E-state index in [0.29, 0.717) is 10.9 Å². The van der Waals surface area contributed by atoms with Crippen molar-refractivity contribution in [3.63, 3.8) is 0 Å². The van der Waals surface area contributed by atoms with Gasteiger partial charge in [-0.1, -0.05) is 11.6 Å². The van der Waals surface area contributed by atoms with Crippen LogP contribution in [-0.4, -0.2) is 20.7 Å². The van der Waals surface area contributed by atoms with Crippen LogP contribution in [0.3, 0.4) is 0 Å². The van der Waals surface area contributed by atoms with Crippen molar-refractivity contribution >= 4 is 28.5 Å². The Morgan fingerprint density at radius 1 is 1.40 bits per heavy atom. The number of aromatic hydroxyl groups is 1. The van der Waals surface area contributed by atoms with Crippen LogP contribution in [-0.2, 0) is 7.05 Å². The van der Waals surface area contributed by atoms with Crippen LogP contribution in [0.1, 0.15) is 10.5 Å². The topological polar surface area (TPSA) is 62.5 Å². The maximum absolute atomic E-state index is 10.8. The number of carboxylic acid groups (broad SMARTS) is 1. The van der Waals surface area contributed by atoms with E-state index in [0.717, 1.165) is 0 Å². The number of aromatic nitrogens is 1. The smallest absolute Gasteiger partial charge is 0.352 e. The summed E-state index contributed by atoms with van der Waals surface area (Å²) in [4.78, 5) is 10.8. The number of phenolic OH excluding ortho intramolecular Hbond substituents is 1. The van der Waals surface area contributed by atoms with E-state index in [1.165, 1.54) is 16.7 Å². The molecule has 1 aromatic carbocycles. The van der Waals surface area contributed by atoms with Gasteiger partial charge in [-0.25, -0.2) is 4.79 Å². The highest BCUT2D eigenvalue weighted by atomic mass is 35.5. The number of carbonyl (C=O) groups is 1. The van der Waals surface area contributed by atoms with Gasteiger partial charge in [0.2, 0.25) is 0 Å². The van der Waals surface area contributed by atoms with E-state index >= 15 is 0 Å². The number of rotatable bonds is 1. The summed E-state index contributed by atoms with van der Waals surface area (Å²) in [5, 5.41) is 19.2. The number of aromatic carboxylic acids is 1. The van der Waals surface area contributed by atoms with Gasteiger partial charge in [0, 0.05) is 18.5 Å². The molecule has 2 rings (SSSR count). The third-order valence-corrected chi connectivity index (χ3v) is 2.63. The molecule has 0 saturated heterocycles. The van der Waals surface area contributed by atoms with E-state index in [4.69, 9.17) is 16.7 Å². The van der Waals surface area contributed by atoms with Crippen LogP contribution >= 0.6 is 11.6 Å². The molecule has 0 atom stereocenters. The molecule has 0 bridgehead atoms. The predicted octanol–water partition coefficient (Wildman–Crippen LogP) is 2.24. The number of hydrogen-bond donors (Lipinski definition) is 2. The van der Waals surface area contributed by atoms with Gasteiger partial charge in [-0.3, -0.25) is 0 Å². The Bertz CT molecular complexity index is 559. The van der Waals surface area contributed by atoms with Crippen molar-refractivity contribution in [1.82, 2.24) is 4.57 Å². The van der Waals surface area contributed by atoms with Crippen LogP contribution < -0.4 is 0 Å². The second kappa shape index (κ2) is 3.17. The standard InChI is InChI=1S/C10H8ClNO3/c1-12-7-4-9(13)6(11)2-5(7)3-8(12)10(14)15/h2-4,13H,1H3,(H,14,15). The fourth-order valence-electron chi connectivity index (χ4n) is 1.55. The average Bonchev–Trinajstić information content (AvgIpc) is 2.46. The molecule has 1 heterocycles. The minimum absolute atomic E-state index is 0.0534. The van der Waals surface area contributed by atoms with Crippen molar-refractivity contribution in [2.24, 2.45) is 7.05 Å². The lowest BCUT2D eigenvalue weighted by atomic mass is 10.2. The fourth-order valence-corrected chi connectivity index (χ4v) is 1.72. The van der Waals surface area contributed by atoms with Crippen molar-refractivity contribution in [1.29, 1.82) is 0 Å². The molecule has 0 aliphatic heterocycles. The second-order valence-corrected chi connectivity index (χ2v) is 3.66. The van der Waals surface area contributed by atoms with Crippen molar-refractivity contribution in [2.45, 2.75) is 0 Å². The molecule has 5 heteroatoms. The van der Waals surface area contributed by atoms with Crippen LogP contribution in [0.25, 0.3) is 10.9 Å². The normalized spacial score (nSPS) is 10.8. The van der Waals surface area contributed by atoms with Crippen LogP contribution in [0.2, 0.25) is 5.02 Å². The van der Waals surface area contributed by atoms with E-state index < -0.39 is 5.97 Å². The van der Waals surface area contributed by atoms with Crippen molar-refractivity contribution < 1.29 is 15.0 Å². The van der Waals surface area contributed by atoms with Crippen LogP contribution in [0.5, 0.6) is 5.75 Å². The molecule has 78 valence electrons. The zero-order chi connectivity index (χ0) is 11.2. The Labute approximate surface area is 90.3 Å². The third-order valence-electron chi connectivity index (χ3n) is 2.33. The number of fused-ring (bicyclic) bond motifs is 1. The summed E-state index contributed by atoms with van der Waals surface area (Å²) in [5.74, 6) is -1.06. The summed E-state index contributed by atoms with van der Waals surface area (Å²) in [6, 6.07) is 4.51. The number of carboxylic acids is 1. The molecule has 0 unspecified atom stereocenters. The Hall–Kier alpha value is -1.68. The maximum atomic E-state index is 10.8. The molecule has 4 nitrogen and oxygen atoms in total. The fraction of sp³-hybridized carbons (Fsp3) is 0.100. The molecule has 0 aliphatic carbocycles. The van der Waals surface area contributed by atoms with Crippen LogP contribution in [0, 0.1) is 0 Å². The lowest BCUT2D eigenvalue weighted by Crippen LogP contribution is -2.03. The number of halogens is 1. The van der Waals surface area contributed by atoms with Crippen molar-refractivity contribution in [2.75, 3.05) is 0 Å². The zero-order valence-electron chi connectivity index (χ0n) is 7.86. The molecule has 0 aliphatic rings. The molecular weight excluding hydrogens is 218 g/mol. The first-order chi connectivity index (χ1) is 7.00. The van der Waals surface area contributed by atoms with Gasteiger partial charge in [-0.05, 0) is 12.1 Å².